The van der Waals surface area contributed by atoms with Gasteiger partial charge in [-0.15, -0.1) is 0 Å². The highest BCUT2D eigenvalue weighted by atomic mass is 19.4. The summed E-state index contributed by atoms with van der Waals surface area (Å²) in [6.07, 6.45) is -3.10. The smallest absolute Gasteiger partial charge is 0.416 e. The maximum Gasteiger partial charge on any atom is 0.416 e. The average Bonchev–Trinajstić information content (AvgIpc) is 2.58. The maximum absolute atomic E-state index is 12.8. The van der Waals surface area contributed by atoms with Crippen molar-refractivity contribution in [1.29, 1.82) is 0 Å². The number of hydrogen-bond donors (Lipinski definition) is 1. The van der Waals surface area contributed by atoms with Crippen molar-refractivity contribution in [2.45, 2.75) is 31.9 Å². The molecule has 0 aliphatic carbocycles. The Morgan fingerprint density at radius 2 is 2.04 bits per heavy atom. The second-order valence-corrected chi connectivity index (χ2v) is 6.18. The van der Waals surface area contributed by atoms with Gasteiger partial charge in [0.1, 0.15) is 5.56 Å². The highest BCUT2D eigenvalue weighted by molar-refractivity contribution is 5.98. The van der Waals surface area contributed by atoms with Crippen LogP contribution in [0.1, 0.15) is 41.6 Å². The van der Waals surface area contributed by atoms with Crippen molar-refractivity contribution in [2.24, 2.45) is 5.92 Å². The number of likely N-dealkylation sites (tertiary alicyclic amines) is 1. The van der Waals surface area contributed by atoms with Crippen LogP contribution in [0.3, 0.4) is 0 Å². The number of piperidine rings is 1. The summed E-state index contributed by atoms with van der Waals surface area (Å²) in [4.78, 5) is 34.7. The Hall–Kier alpha value is -2.65. The lowest BCUT2D eigenvalue weighted by atomic mass is 9.93. The number of nitro benzene ring substituents is 1. The maximum atomic E-state index is 12.8. The van der Waals surface area contributed by atoms with Crippen LogP contribution in [0, 0.1) is 16.0 Å². The molecule has 26 heavy (non-hydrogen) atoms. The molecule has 0 bridgehead atoms. The van der Waals surface area contributed by atoms with Crippen LogP contribution in [0.25, 0.3) is 0 Å². The van der Waals surface area contributed by atoms with Crippen LogP contribution in [0.2, 0.25) is 0 Å². The topological polar surface area (TPSA) is 101 Å². The van der Waals surface area contributed by atoms with Gasteiger partial charge in [0.25, 0.3) is 11.6 Å². The van der Waals surface area contributed by atoms with Gasteiger partial charge >= 0.3 is 12.1 Å². The molecule has 1 aromatic rings. The van der Waals surface area contributed by atoms with Crippen LogP contribution in [-0.4, -0.2) is 39.9 Å². The third-order valence-electron chi connectivity index (χ3n) is 4.32. The van der Waals surface area contributed by atoms with Gasteiger partial charge in [0.2, 0.25) is 0 Å². The molecule has 2 rings (SSSR count). The van der Waals surface area contributed by atoms with Crippen LogP contribution in [0.15, 0.2) is 18.2 Å². The molecule has 142 valence electrons. The zero-order valence-electron chi connectivity index (χ0n) is 13.7. The molecule has 1 fully saturated rings. The Labute approximate surface area is 146 Å². The van der Waals surface area contributed by atoms with Gasteiger partial charge in [-0.1, -0.05) is 0 Å². The molecule has 1 heterocycles. The Bertz CT molecular complexity index is 720. The van der Waals surface area contributed by atoms with Gasteiger partial charge < -0.3 is 10.0 Å². The van der Waals surface area contributed by atoms with Crippen molar-refractivity contribution in [3.8, 4) is 0 Å². The zero-order valence-corrected chi connectivity index (χ0v) is 13.7. The first-order valence-electron chi connectivity index (χ1n) is 7.96. The third kappa shape index (κ3) is 4.70. The van der Waals surface area contributed by atoms with E-state index in [9.17, 15) is 32.9 Å². The summed E-state index contributed by atoms with van der Waals surface area (Å²) in [6.45, 7) is 0.546. The van der Waals surface area contributed by atoms with Gasteiger partial charge in [-0.3, -0.25) is 19.7 Å². The van der Waals surface area contributed by atoms with Gasteiger partial charge in [0, 0.05) is 25.6 Å². The number of hydrogen-bond acceptors (Lipinski definition) is 4. The van der Waals surface area contributed by atoms with Gasteiger partial charge in [0.15, 0.2) is 0 Å². The minimum atomic E-state index is -4.75. The molecule has 0 spiro atoms. The first-order chi connectivity index (χ1) is 12.1. The largest absolute Gasteiger partial charge is 0.481 e. The molecule has 7 nitrogen and oxygen atoms in total. The van der Waals surface area contributed by atoms with Crippen molar-refractivity contribution in [3.05, 3.63) is 39.4 Å². The fraction of sp³-hybridized carbons (Fsp3) is 0.500. The fourth-order valence-corrected chi connectivity index (χ4v) is 3.02. The van der Waals surface area contributed by atoms with E-state index in [-0.39, 0.29) is 18.9 Å². The normalized spacial score (nSPS) is 17.8. The number of carboxylic acids is 1. The molecule has 1 aliphatic rings. The molecule has 1 N–H and O–H groups in total. The van der Waals surface area contributed by atoms with Gasteiger partial charge in [0.05, 0.1) is 10.5 Å². The van der Waals surface area contributed by atoms with Crippen molar-refractivity contribution < 1.29 is 32.8 Å². The first-order valence-corrected chi connectivity index (χ1v) is 7.96. The molecule has 0 radical (unpaired) electrons. The van der Waals surface area contributed by atoms with Gasteiger partial charge in [-0.25, -0.2) is 0 Å². The Balaban J connectivity index is 2.22. The number of amides is 1. The minimum Gasteiger partial charge on any atom is -0.481 e. The summed E-state index contributed by atoms with van der Waals surface area (Å²) in [7, 11) is 0. The molecule has 1 atom stereocenters. The predicted molar refractivity (Wildman–Crippen MR) is 83.6 cm³/mol. The standard InChI is InChI=1S/C16H17F3N2O5/c17-16(18,19)11-4-5-12(13(8-11)21(25)26)15(24)20-7-1-2-10(9-20)3-6-14(22)23/h4-5,8,10H,1-3,6-7,9H2,(H,22,23). The summed E-state index contributed by atoms with van der Waals surface area (Å²) in [5, 5.41) is 19.9. The number of carbonyl (C=O) groups is 2. The highest BCUT2D eigenvalue weighted by Gasteiger charge is 2.35. The summed E-state index contributed by atoms with van der Waals surface area (Å²) in [6, 6.07) is 1.83. The number of alkyl halides is 3. The van der Waals surface area contributed by atoms with Gasteiger partial charge in [-0.05, 0) is 37.3 Å². The third-order valence-corrected chi connectivity index (χ3v) is 4.32. The lowest BCUT2D eigenvalue weighted by Crippen LogP contribution is -2.40. The summed E-state index contributed by atoms with van der Waals surface area (Å²) < 4.78 is 38.3. The van der Waals surface area contributed by atoms with E-state index in [1.165, 1.54) is 4.90 Å². The number of carboxylic acid groups (broad SMARTS) is 1. The lowest BCUT2D eigenvalue weighted by molar-refractivity contribution is -0.385. The molecule has 0 saturated carbocycles. The van der Waals surface area contributed by atoms with Crippen molar-refractivity contribution >= 4 is 17.6 Å². The molecule has 10 heteroatoms. The predicted octanol–water partition coefficient (Wildman–Crippen LogP) is 3.33. The molecule has 1 saturated heterocycles. The molecule has 1 aromatic carbocycles. The molecule has 0 aromatic heterocycles. The number of nitrogens with zero attached hydrogens (tertiary/aromatic N) is 2. The number of aliphatic carboxylic acids is 1. The van der Waals surface area contributed by atoms with E-state index in [4.69, 9.17) is 5.11 Å². The molecule has 1 amide bonds. The van der Waals surface area contributed by atoms with E-state index in [0.717, 1.165) is 12.5 Å². The van der Waals surface area contributed by atoms with E-state index < -0.39 is 39.8 Å². The number of nitro groups is 1. The highest BCUT2D eigenvalue weighted by Crippen LogP contribution is 2.34. The quantitative estimate of drug-likeness (QED) is 0.629. The summed E-state index contributed by atoms with van der Waals surface area (Å²) in [5.41, 5.74) is -2.49. The zero-order chi connectivity index (χ0) is 19.5. The van der Waals surface area contributed by atoms with Crippen molar-refractivity contribution in [2.75, 3.05) is 13.1 Å². The molecule has 1 unspecified atom stereocenters. The van der Waals surface area contributed by atoms with Gasteiger partial charge in [-0.2, -0.15) is 13.2 Å². The van der Waals surface area contributed by atoms with E-state index in [0.29, 0.717) is 31.5 Å². The molecular weight excluding hydrogens is 357 g/mol. The summed E-state index contributed by atoms with van der Waals surface area (Å²) >= 11 is 0. The summed E-state index contributed by atoms with van der Waals surface area (Å²) in [5.74, 6) is -1.73. The number of halogens is 3. The minimum absolute atomic E-state index is 0.0485. The number of benzene rings is 1. The van der Waals surface area contributed by atoms with Crippen LogP contribution < -0.4 is 0 Å². The first kappa shape index (κ1) is 19.7. The fourth-order valence-electron chi connectivity index (χ4n) is 3.02. The van der Waals surface area contributed by atoms with Crippen LogP contribution in [-0.2, 0) is 11.0 Å². The monoisotopic (exact) mass is 374 g/mol. The van der Waals surface area contributed by atoms with E-state index >= 15 is 0 Å². The van der Waals surface area contributed by atoms with E-state index in [2.05, 4.69) is 0 Å². The van der Waals surface area contributed by atoms with Crippen LogP contribution in [0.5, 0.6) is 0 Å². The SMILES string of the molecule is O=C(O)CCC1CCCN(C(=O)c2ccc(C(F)(F)F)cc2[N+](=O)[O-])C1. The van der Waals surface area contributed by atoms with Crippen LogP contribution in [0.4, 0.5) is 18.9 Å². The number of carbonyl (C=O) groups excluding carboxylic acids is 1. The second kappa shape index (κ2) is 7.71. The van der Waals surface area contributed by atoms with Crippen LogP contribution >= 0.6 is 0 Å². The Morgan fingerprint density at radius 1 is 1.35 bits per heavy atom. The Kier molecular flexibility index (Phi) is 5.83. The average molecular weight is 374 g/mol. The second-order valence-electron chi connectivity index (χ2n) is 6.18. The number of rotatable bonds is 5. The molecular formula is C16H17F3N2O5. The van der Waals surface area contributed by atoms with Crippen molar-refractivity contribution in [3.63, 3.8) is 0 Å². The lowest BCUT2D eigenvalue weighted by Gasteiger charge is -2.32. The van der Waals surface area contributed by atoms with E-state index in [1.54, 1.807) is 0 Å². The van der Waals surface area contributed by atoms with Crippen molar-refractivity contribution in [1.82, 2.24) is 4.90 Å². The molecule has 1 aliphatic heterocycles. The Morgan fingerprint density at radius 3 is 2.62 bits per heavy atom. The van der Waals surface area contributed by atoms with E-state index in [1.807, 2.05) is 0 Å².